The fourth-order valence-electron chi connectivity index (χ4n) is 2.40. The number of aromatic hydroxyl groups is 1. The molecule has 0 spiro atoms. The van der Waals surface area contributed by atoms with E-state index in [1.807, 2.05) is 12.1 Å². The van der Waals surface area contributed by atoms with Crippen LogP contribution in [0.2, 0.25) is 0 Å². The van der Waals surface area contributed by atoms with Gasteiger partial charge in [0.1, 0.15) is 5.75 Å². The Hall–Kier alpha value is -2.10. The Labute approximate surface area is 117 Å². The van der Waals surface area contributed by atoms with Crippen LogP contribution in [0.3, 0.4) is 0 Å². The van der Waals surface area contributed by atoms with Crippen molar-refractivity contribution in [1.82, 2.24) is 4.98 Å². The molecule has 0 amide bonds. The van der Waals surface area contributed by atoms with Crippen LogP contribution in [0.5, 0.6) is 5.75 Å². The zero-order chi connectivity index (χ0) is 15.0. The van der Waals surface area contributed by atoms with E-state index in [0.29, 0.717) is 22.7 Å². The number of aromatic nitrogens is 1. The highest BCUT2D eigenvalue weighted by Crippen LogP contribution is 2.32. The van der Waals surface area contributed by atoms with Gasteiger partial charge in [-0.3, -0.25) is 9.59 Å². The van der Waals surface area contributed by atoms with Gasteiger partial charge in [-0.15, -0.1) is 0 Å². The summed E-state index contributed by atoms with van der Waals surface area (Å²) in [6.45, 7) is 8.31. The maximum Gasteiger partial charge on any atom is 0.296 e. The molecule has 0 saturated carbocycles. The van der Waals surface area contributed by atoms with Gasteiger partial charge in [-0.1, -0.05) is 27.7 Å². The minimum Gasteiger partial charge on any atom is -0.507 e. The summed E-state index contributed by atoms with van der Waals surface area (Å²) in [5, 5.41) is 10.5. The third kappa shape index (κ3) is 2.46. The summed E-state index contributed by atoms with van der Waals surface area (Å²) in [5.74, 6) is 0.417. The molecule has 0 aliphatic rings. The van der Waals surface area contributed by atoms with Gasteiger partial charge in [0, 0.05) is 11.5 Å². The smallest absolute Gasteiger partial charge is 0.296 e. The molecule has 0 radical (unpaired) electrons. The number of hydrogen-bond donors (Lipinski definition) is 2. The monoisotopic (exact) mass is 273 g/mol. The van der Waals surface area contributed by atoms with Crippen molar-refractivity contribution in [2.24, 2.45) is 0 Å². The summed E-state index contributed by atoms with van der Waals surface area (Å²) in [6, 6.07) is 4.69. The maximum absolute atomic E-state index is 11.6. The topological polar surface area (TPSA) is 70.2 Å². The lowest BCUT2D eigenvalue weighted by molar-refractivity contribution is 0.481. The second-order valence-corrected chi connectivity index (χ2v) is 5.68. The highest BCUT2D eigenvalue weighted by molar-refractivity contribution is 5.85. The molecular formula is C16H19NO3. The summed E-state index contributed by atoms with van der Waals surface area (Å²) in [7, 11) is 0. The molecule has 2 rings (SSSR count). The number of rotatable bonds is 2. The second kappa shape index (κ2) is 5.12. The largest absolute Gasteiger partial charge is 0.507 e. The lowest BCUT2D eigenvalue weighted by Gasteiger charge is -2.16. The molecule has 20 heavy (non-hydrogen) atoms. The Bertz CT molecular complexity index is 773. The molecule has 1 heterocycles. The molecule has 0 atom stereocenters. The van der Waals surface area contributed by atoms with E-state index in [1.54, 1.807) is 0 Å². The van der Waals surface area contributed by atoms with Gasteiger partial charge >= 0.3 is 0 Å². The van der Waals surface area contributed by atoms with Gasteiger partial charge in [-0.05, 0) is 35.1 Å². The molecule has 4 nitrogen and oxygen atoms in total. The molecule has 1 aromatic carbocycles. The lowest BCUT2D eigenvalue weighted by atomic mass is 9.89. The van der Waals surface area contributed by atoms with E-state index in [9.17, 15) is 14.7 Å². The predicted molar refractivity (Wildman–Crippen MR) is 80.7 cm³/mol. The Morgan fingerprint density at radius 1 is 0.950 bits per heavy atom. The van der Waals surface area contributed by atoms with Crippen molar-refractivity contribution >= 4 is 10.9 Å². The normalized spacial score (nSPS) is 11.5. The number of hydrogen-bond acceptors (Lipinski definition) is 3. The number of aromatic amines is 1. The molecule has 0 fully saturated rings. The SMILES string of the molecule is CC(C)c1cc2[nH]c(=O)c(=O)cc(O)c2cc1C(C)C. The minimum absolute atomic E-state index is 0.166. The molecule has 4 heteroatoms. The van der Waals surface area contributed by atoms with E-state index in [4.69, 9.17) is 0 Å². The van der Waals surface area contributed by atoms with E-state index >= 15 is 0 Å². The standard InChI is InChI=1S/C16H19NO3/c1-8(2)10-5-12-13(6-11(10)9(3)4)17-16(20)15(19)7-14(12)18/h5-9,18H,1-4H3,(H,17,19,20). The summed E-state index contributed by atoms with van der Waals surface area (Å²) >= 11 is 0. The van der Waals surface area contributed by atoms with Gasteiger partial charge < -0.3 is 10.1 Å². The Balaban J connectivity index is 2.99. The first kappa shape index (κ1) is 14.3. The van der Waals surface area contributed by atoms with E-state index in [0.717, 1.165) is 17.2 Å². The molecular weight excluding hydrogens is 254 g/mol. The van der Waals surface area contributed by atoms with Crippen LogP contribution in [0.15, 0.2) is 27.8 Å². The quantitative estimate of drug-likeness (QED) is 0.827. The molecule has 2 aromatic rings. The second-order valence-electron chi connectivity index (χ2n) is 5.68. The van der Waals surface area contributed by atoms with Crippen LogP contribution in [-0.2, 0) is 0 Å². The number of nitrogens with one attached hydrogen (secondary N) is 1. The molecule has 0 aliphatic carbocycles. The highest BCUT2D eigenvalue weighted by atomic mass is 16.3. The van der Waals surface area contributed by atoms with Crippen LogP contribution < -0.4 is 11.0 Å². The first-order chi connectivity index (χ1) is 9.31. The predicted octanol–water partition coefficient (Wildman–Crippen LogP) is 2.84. The van der Waals surface area contributed by atoms with Crippen LogP contribution in [0, 0.1) is 0 Å². The molecule has 1 aromatic heterocycles. The average molecular weight is 273 g/mol. The molecule has 0 unspecified atom stereocenters. The van der Waals surface area contributed by atoms with Gasteiger partial charge in [0.2, 0.25) is 5.43 Å². The van der Waals surface area contributed by atoms with E-state index in [2.05, 4.69) is 32.7 Å². The summed E-state index contributed by atoms with van der Waals surface area (Å²) < 4.78 is 0. The van der Waals surface area contributed by atoms with Crippen molar-refractivity contribution in [2.45, 2.75) is 39.5 Å². The van der Waals surface area contributed by atoms with Crippen molar-refractivity contribution in [3.63, 3.8) is 0 Å². The number of fused-ring (bicyclic) bond motifs is 1. The first-order valence-corrected chi connectivity index (χ1v) is 6.75. The van der Waals surface area contributed by atoms with Crippen molar-refractivity contribution in [2.75, 3.05) is 0 Å². The van der Waals surface area contributed by atoms with Crippen LogP contribution in [0.25, 0.3) is 10.9 Å². The van der Waals surface area contributed by atoms with Crippen molar-refractivity contribution in [3.05, 3.63) is 49.9 Å². The summed E-state index contributed by atoms with van der Waals surface area (Å²) in [4.78, 5) is 25.7. The van der Waals surface area contributed by atoms with E-state index in [1.165, 1.54) is 0 Å². The third-order valence-electron chi connectivity index (χ3n) is 3.48. The fraction of sp³-hybridized carbons (Fsp3) is 0.375. The van der Waals surface area contributed by atoms with E-state index < -0.39 is 11.0 Å². The van der Waals surface area contributed by atoms with Crippen molar-refractivity contribution in [1.29, 1.82) is 0 Å². The van der Waals surface area contributed by atoms with Crippen LogP contribution in [-0.4, -0.2) is 10.1 Å². The van der Waals surface area contributed by atoms with Crippen molar-refractivity contribution in [3.8, 4) is 5.75 Å². The van der Waals surface area contributed by atoms with E-state index in [-0.39, 0.29) is 5.75 Å². The Morgan fingerprint density at radius 2 is 1.50 bits per heavy atom. The first-order valence-electron chi connectivity index (χ1n) is 6.75. The van der Waals surface area contributed by atoms with Gasteiger partial charge in [0.05, 0.1) is 5.52 Å². The van der Waals surface area contributed by atoms with Crippen LogP contribution >= 0.6 is 0 Å². The minimum atomic E-state index is -0.740. The number of H-pyrrole nitrogens is 1. The van der Waals surface area contributed by atoms with Crippen LogP contribution in [0.4, 0.5) is 0 Å². The fourth-order valence-corrected chi connectivity index (χ4v) is 2.40. The summed E-state index contributed by atoms with van der Waals surface area (Å²) in [6.07, 6.45) is 0. The average Bonchev–Trinajstić information content (AvgIpc) is 2.46. The third-order valence-corrected chi connectivity index (χ3v) is 3.48. The zero-order valence-corrected chi connectivity index (χ0v) is 12.2. The maximum atomic E-state index is 11.6. The molecule has 2 N–H and O–H groups in total. The van der Waals surface area contributed by atoms with Gasteiger partial charge in [-0.2, -0.15) is 0 Å². The number of benzene rings is 1. The Kier molecular flexibility index (Phi) is 3.66. The summed E-state index contributed by atoms with van der Waals surface area (Å²) in [5.41, 5.74) is 1.25. The molecule has 0 saturated heterocycles. The zero-order valence-electron chi connectivity index (χ0n) is 12.2. The highest BCUT2D eigenvalue weighted by Gasteiger charge is 2.13. The Morgan fingerprint density at radius 3 is 2.05 bits per heavy atom. The molecule has 0 bridgehead atoms. The molecule has 0 aliphatic heterocycles. The van der Waals surface area contributed by atoms with Crippen LogP contribution in [0.1, 0.15) is 50.7 Å². The van der Waals surface area contributed by atoms with Gasteiger partial charge in [0.15, 0.2) is 0 Å². The molecule has 106 valence electrons. The lowest BCUT2D eigenvalue weighted by Crippen LogP contribution is -2.22. The van der Waals surface area contributed by atoms with Gasteiger partial charge in [-0.25, -0.2) is 0 Å². The van der Waals surface area contributed by atoms with Crippen molar-refractivity contribution < 1.29 is 5.11 Å². The van der Waals surface area contributed by atoms with Gasteiger partial charge in [0.25, 0.3) is 5.56 Å².